The van der Waals surface area contributed by atoms with E-state index in [4.69, 9.17) is 15.2 Å². The van der Waals surface area contributed by atoms with E-state index in [9.17, 15) is 0 Å². The zero-order valence-corrected chi connectivity index (χ0v) is 18.0. The van der Waals surface area contributed by atoms with E-state index in [-0.39, 0.29) is 0 Å². The van der Waals surface area contributed by atoms with E-state index in [2.05, 4.69) is 12.1 Å². The molecule has 2 aromatic carbocycles. The zero-order valence-electron chi connectivity index (χ0n) is 18.0. The van der Waals surface area contributed by atoms with E-state index < -0.39 is 0 Å². The van der Waals surface area contributed by atoms with Crippen molar-refractivity contribution in [2.24, 2.45) is 5.73 Å². The molecule has 160 valence electrons. The van der Waals surface area contributed by atoms with E-state index in [0.29, 0.717) is 6.61 Å². The Morgan fingerprint density at radius 3 is 1.55 bits per heavy atom. The fourth-order valence-electron chi connectivity index (χ4n) is 3.40. The third-order valence-corrected chi connectivity index (χ3v) is 5.19. The molecule has 0 radical (unpaired) electrons. The molecule has 0 unspecified atom stereocenters. The van der Waals surface area contributed by atoms with Crippen molar-refractivity contribution in [3.8, 4) is 11.5 Å². The highest BCUT2D eigenvalue weighted by Crippen LogP contribution is 2.19. The van der Waals surface area contributed by atoms with Crippen molar-refractivity contribution in [3.63, 3.8) is 0 Å². The van der Waals surface area contributed by atoms with Gasteiger partial charge < -0.3 is 15.2 Å². The second-order valence-electron chi connectivity index (χ2n) is 7.77. The van der Waals surface area contributed by atoms with Crippen LogP contribution in [0.4, 0.5) is 0 Å². The molecule has 0 saturated carbocycles. The first-order valence-electron chi connectivity index (χ1n) is 11.5. The lowest BCUT2D eigenvalue weighted by molar-refractivity contribution is 0.296. The number of rotatable bonds is 17. The summed E-state index contributed by atoms with van der Waals surface area (Å²) in [5.41, 5.74) is 6.69. The van der Waals surface area contributed by atoms with Crippen LogP contribution in [0.15, 0.2) is 54.6 Å². The van der Waals surface area contributed by atoms with E-state index in [0.717, 1.165) is 31.1 Å². The highest BCUT2D eigenvalue weighted by molar-refractivity contribution is 5.31. The highest BCUT2D eigenvalue weighted by Gasteiger charge is 1.99. The van der Waals surface area contributed by atoms with Gasteiger partial charge in [0.25, 0.3) is 0 Å². The first kappa shape index (κ1) is 23.3. The molecule has 0 aromatic heterocycles. The van der Waals surface area contributed by atoms with Crippen LogP contribution in [0.5, 0.6) is 11.5 Å². The minimum atomic E-state index is 0.593. The van der Waals surface area contributed by atoms with Crippen molar-refractivity contribution in [1.29, 1.82) is 0 Å². The first-order chi connectivity index (χ1) is 14.4. The lowest BCUT2D eigenvalue weighted by atomic mass is 10.1. The molecule has 0 bridgehead atoms. The maximum atomic E-state index is 5.85. The number of hydrogen-bond donors (Lipinski definition) is 1. The Balaban J connectivity index is 1.42. The molecular formula is C26H39NO2. The molecule has 29 heavy (non-hydrogen) atoms. The van der Waals surface area contributed by atoms with Gasteiger partial charge in [0.05, 0.1) is 6.61 Å². The van der Waals surface area contributed by atoms with Gasteiger partial charge in [-0.15, -0.1) is 0 Å². The third-order valence-electron chi connectivity index (χ3n) is 5.19. The molecular weight excluding hydrogens is 358 g/mol. The Morgan fingerprint density at radius 1 is 0.517 bits per heavy atom. The minimum Gasteiger partial charge on any atom is -0.494 e. The van der Waals surface area contributed by atoms with Crippen molar-refractivity contribution in [3.05, 3.63) is 60.2 Å². The van der Waals surface area contributed by atoms with Crippen LogP contribution in [-0.4, -0.2) is 13.2 Å². The third kappa shape index (κ3) is 11.6. The predicted molar refractivity (Wildman–Crippen MR) is 123 cm³/mol. The summed E-state index contributed by atoms with van der Waals surface area (Å²) < 4.78 is 11.7. The van der Waals surface area contributed by atoms with E-state index in [1.54, 1.807) is 0 Å². The van der Waals surface area contributed by atoms with Crippen LogP contribution in [0.1, 0.15) is 76.2 Å². The summed E-state index contributed by atoms with van der Waals surface area (Å²) in [4.78, 5) is 0. The molecule has 0 spiro atoms. The molecule has 0 amide bonds. The van der Waals surface area contributed by atoms with E-state index >= 15 is 0 Å². The van der Waals surface area contributed by atoms with Crippen LogP contribution in [0.25, 0.3) is 0 Å². The van der Waals surface area contributed by atoms with Gasteiger partial charge in [-0.1, -0.05) is 88.1 Å². The summed E-state index contributed by atoms with van der Waals surface area (Å²) >= 11 is 0. The quantitative estimate of drug-likeness (QED) is 0.295. The molecule has 0 saturated heterocycles. The van der Waals surface area contributed by atoms with Crippen LogP contribution < -0.4 is 15.2 Å². The largest absolute Gasteiger partial charge is 0.494 e. The SMILES string of the molecule is NCCCCCCCCCCCCCOc1ccc(OCc2ccccc2)cc1. The average Bonchev–Trinajstić information content (AvgIpc) is 2.77. The molecule has 2 aromatic rings. The lowest BCUT2D eigenvalue weighted by Crippen LogP contribution is -1.98. The molecule has 3 nitrogen and oxygen atoms in total. The molecule has 2 rings (SSSR count). The normalized spacial score (nSPS) is 10.8. The van der Waals surface area contributed by atoms with Gasteiger partial charge in [0.1, 0.15) is 18.1 Å². The van der Waals surface area contributed by atoms with Gasteiger partial charge in [0.2, 0.25) is 0 Å². The van der Waals surface area contributed by atoms with Gasteiger partial charge in [0.15, 0.2) is 0 Å². The van der Waals surface area contributed by atoms with Crippen LogP contribution >= 0.6 is 0 Å². The van der Waals surface area contributed by atoms with Gasteiger partial charge in [-0.05, 0) is 49.2 Å². The maximum Gasteiger partial charge on any atom is 0.120 e. The van der Waals surface area contributed by atoms with Crippen LogP contribution in [-0.2, 0) is 6.61 Å². The number of ether oxygens (including phenoxy) is 2. The lowest BCUT2D eigenvalue weighted by Gasteiger charge is -2.09. The van der Waals surface area contributed by atoms with Crippen molar-refractivity contribution < 1.29 is 9.47 Å². The van der Waals surface area contributed by atoms with Gasteiger partial charge in [-0.2, -0.15) is 0 Å². The summed E-state index contributed by atoms with van der Waals surface area (Å²) in [6.45, 7) is 2.24. The Morgan fingerprint density at radius 2 is 1.00 bits per heavy atom. The minimum absolute atomic E-state index is 0.593. The molecule has 0 aliphatic carbocycles. The number of unbranched alkanes of at least 4 members (excludes halogenated alkanes) is 10. The van der Waals surface area contributed by atoms with Crippen molar-refractivity contribution in [2.45, 2.75) is 77.2 Å². The molecule has 0 aliphatic heterocycles. The van der Waals surface area contributed by atoms with Crippen molar-refractivity contribution in [1.82, 2.24) is 0 Å². The topological polar surface area (TPSA) is 44.5 Å². The van der Waals surface area contributed by atoms with Gasteiger partial charge in [0, 0.05) is 0 Å². The Bertz CT molecular complexity index is 612. The summed E-state index contributed by atoms with van der Waals surface area (Å²) in [5, 5.41) is 0. The fourth-order valence-corrected chi connectivity index (χ4v) is 3.40. The fraction of sp³-hybridized carbons (Fsp3) is 0.538. The van der Waals surface area contributed by atoms with E-state index in [1.165, 1.54) is 69.8 Å². The smallest absolute Gasteiger partial charge is 0.120 e. The second-order valence-corrected chi connectivity index (χ2v) is 7.77. The summed E-state index contributed by atoms with van der Waals surface area (Å²) in [5.74, 6) is 1.80. The molecule has 0 atom stereocenters. The molecule has 0 fully saturated rings. The monoisotopic (exact) mass is 397 g/mol. The zero-order chi connectivity index (χ0) is 20.4. The Hall–Kier alpha value is -2.00. The van der Waals surface area contributed by atoms with Gasteiger partial charge in [-0.3, -0.25) is 0 Å². The van der Waals surface area contributed by atoms with Crippen LogP contribution in [0, 0.1) is 0 Å². The number of nitrogens with two attached hydrogens (primary N) is 1. The van der Waals surface area contributed by atoms with Gasteiger partial charge >= 0.3 is 0 Å². The molecule has 2 N–H and O–H groups in total. The van der Waals surface area contributed by atoms with Crippen molar-refractivity contribution in [2.75, 3.05) is 13.2 Å². The maximum absolute atomic E-state index is 5.85. The summed E-state index contributed by atoms with van der Waals surface area (Å²) in [7, 11) is 0. The second kappa shape index (κ2) is 15.9. The molecule has 0 aliphatic rings. The molecule has 0 heterocycles. The predicted octanol–water partition coefficient (Wildman–Crippen LogP) is 6.89. The summed E-state index contributed by atoms with van der Waals surface area (Å²) in [6, 6.07) is 18.2. The van der Waals surface area contributed by atoms with Gasteiger partial charge in [-0.25, -0.2) is 0 Å². The van der Waals surface area contributed by atoms with E-state index in [1.807, 2.05) is 42.5 Å². The number of hydrogen-bond acceptors (Lipinski definition) is 3. The highest BCUT2D eigenvalue weighted by atomic mass is 16.5. The Kier molecular flexibility index (Phi) is 12.7. The average molecular weight is 398 g/mol. The molecule has 3 heteroatoms. The Labute approximate surface area is 177 Å². The standard InChI is InChI=1S/C26H39NO2/c27-21-13-8-6-4-2-1-3-5-7-9-14-22-28-25-17-19-26(20-18-25)29-23-24-15-11-10-12-16-24/h10-12,15-20H,1-9,13-14,21-23,27H2. The van der Waals surface area contributed by atoms with Crippen LogP contribution in [0.2, 0.25) is 0 Å². The van der Waals surface area contributed by atoms with Crippen LogP contribution in [0.3, 0.4) is 0 Å². The number of benzene rings is 2. The summed E-state index contributed by atoms with van der Waals surface area (Å²) in [6.07, 6.45) is 14.4. The first-order valence-corrected chi connectivity index (χ1v) is 11.5. The van der Waals surface area contributed by atoms with Crippen molar-refractivity contribution >= 4 is 0 Å².